The highest BCUT2D eigenvalue weighted by Gasteiger charge is 2.34. The van der Waals surface area contributed by atoms with Crippen LogP contribution in [0, 0.1) is 0 Å². The Bertz CT molecular complexity index is 5600. The van der Waals surface area contributed by atoms with E-state index in [0.29, 0.717) is 26.9 Å². The minimum Gasteiger partial charge on any atom is -0.425 e. The molecule has 6 aromatic heterocycles. The topological polar surface area (TPSA) is 267 Å². The van der Waals surface area contributed by atoms with Crippen molar-refractivity contribution in [2.45, 2.75) is 51.8 Å². The van der Waals surface area contributed by atoms with E-state index < -0.39 is 70.1 Å². The molecule has 2 N–H and O–H groups in total. The van der Waals surface area contributed by atoms with Gasteiger partial charge >= 0.3 is 54.2 Å². The summed E-state index contributed by atoms with van der Waals surface area (Å²) >= 11 is 27.6. The predicted molar refractivity (Wildman–Crippen MR) is 417 cm³/mol. The summed E-state index contributed by atoms with van der Waals surface area (Å²) in [6, 6.07) is 34.9. The molecule has 12 rings (SSSR count). The number of nitrogens with zero attached hydrogens (tertiary/aromatic N) is 12. The molecule has 0 aliphatic heterocycles. The zero-order valence-electron chi connectivity index (χ0n) is 59.6. The Morgan fingerprint density at radius 2 is 0.741 bits per heavy atom. The Morgan fingerprint density at radius 3 is 1.05 bits per heavy atom. The molecule has 0 saturated heterocycles. The zero-order valence-corrected chi connectivity index (χ0v) is 67.4. The molecule has 0 aliphatic rings. The van der Waals surface area contributed by atoms with Crippen LogP contribution >= 0.6 is 95.0 Å². The second-order valence-corrected chi connectivity index (χ2v) is 27.2. The van der Waals surface area contributed by atoms with Gasteiger partial charge in [0.05, 0.1) is 19.6 Å². The molecule has 0 fully saturated rings. The number of hydrogen-bond donors (Lipinski definition) is 2. The van der Waals surface area contributed by atoms with Crippen LogP contribution in [0.2, 0.25) is 15.1 Å². The number of likely N-dealkylation sites (N-methyl/N-ethyl adjacent to an activating group) is 1. The van der Waals surface area contributed by atoms with Crippen LogP contribution in [0.3, 0.4) is 0 Å². The number of fused-ring (bicyclic) bond motifs is 3. The Kier molecular flexibility index (Phi) is 31.8. The van der Waals surface area contributed by atoms with Crippen LogP contribution < -0.4 is 67.5 Å². The molecule has 112 heavy (non-hydrogen) atoms. The van der Waals surface area contributed by atoms with Gasteiger partial charge in [-0.05, 0) is 118 Å². The van der Waals surface area contributed by atoms with Crippen LogP contribution in [0.4, 0.5) is 39.5 Å². The number of benzene rings is 6. The fourth-order valence-electron chi connectivity index (χ4n) is 10.1. The number of ether oxygens (including phenoxy) is 6. The first kappa shape index (κ1) is 89.7. The van der Waals surface area contributed by atoms with Gasteiger partial charge in [0.15, 0.2) is 33.5 Å². The molecule has 0 unspecified atom stereocenters. The fraction of sp³-hybridized carbons (Fsp3) is 0.271. The maximum Gasteiger partial charge on any atom is 0.573 e. The number of aryl methyl sites for hydroxylation is 1. The summed E-state index contributed by atoms with van der Waals surface area (Å²) in [6.45, 7) is 1.29. The maximum atomic E-state index is 13.2. The molecule has 26 nitrogen and oxygen atoms in total. The van der Waals surface area contributed by atoms with Crippen LogP contribution in [-0.4, -0.2) is 131 Å². The third-order valence-corrected chi connectivity index (χ3v) is 18.0. The highest BCUT2D eigenvalue weighted by Crippen LogP contribution is 2.35. The van der Waals surface area contributed by atoms with E-state index in [0.717, 1.165) is 77.5 Å². The van der Waals surface area contributed by atoms with Crippen molar-refractivity contribution in [2.24, 2.45) is 21.1 Å². The smallest absolute Gasteiger partial charge is 0.425 e. The Labute approximate surface area is 674 Å². The minimum absolute atomic E-state index is 0. The van der Waals surface area contributed by atoms with Crippen molar-refractivity contribution in [3.05, 3.63) is 240 Å². The second-order valence-electron chi connectivity index (χ2n) is 23.5. The Morgan fingerprint density at radius 1 is 0.438 bits per heavy atom. The molecule has 0 radical (unpaired) electrons. The van der Waals surface area contributed by atoms with Crippen molar-refractivity contribution in [1.82, 2.24) is 66.7 Å². The third-order valence-electron chi connectivity index (χ3n) is 15.0. The number of H-pyrrole nitrogens is 1. The first-order chi connectivity index (χ1) is 52.4. The summed E-state index contributed by atoms with van der Waals surface area (Å²) in [7, 11) is 11.5. The molecule has 0 saturated carbocycles. The van der Waals surface area contributed by atoms with E-state index in [1.54, 1.807) is 72.8 Å². The van der Waals surface area contributed by atoms with E-state index in [9.17, 15) is 68.3 Å². The number of halogens is 16. The summed E-state index contributed by atoms with van der Waals surface area (Å²) in [5.41, 5.74) is -0.949. The number of rotatable bonds is 21. The first-order valence-corrected chi connectivity index (χ1v) is 36.8. The number of aromatic nitrogens is 12. The molecule has 0 atom stereocenters. The monoisotopic (exact) mass is 1840 g/mol. The van der Waals surface area contributed by atoms with E-state index in [1.807, 2.05) is 33.1 Å². The molecule has 0 spiro atoms. The van der Waals surface area contributed by atoms with Gasteiger partial charge in [0.1, 0.15) is 34.5 Å². The van der Waals surface area contributed by atoms with E-state index >= 15 is 0 Å². The van der Waals surface area contributed by atoms with E-state index in [2.05, 4.69) is 87.3 Å². The molecule has 6 heterocycles. The predicted octanol–water partition coefficient (Wildman–Crippen LogP) is 14.4. The van der Waals surface area contributed by atoms with Gasteiger partial charge in [-0.15, -0.1) is 51.9 Å². The number of nitrogens with one attached hydrogen (secondary N) is 2. The van der Waals surface area contributed by atoms with E-state index in [4.69, 9.17) is 49.0 Å². The van der Waals surface area contributed by atoms with Gasteiger partial charge in [-0.25, -0.2) is 14.4 Å². The van der Waals surface area contributed by atoms with E-state index in [1.165, 1.54) is 80.4 Å². The van der Waals surface area contributed by atoms with Crippen molar-refractivity contribution >= 4 is 128 Å². The fourth-order valence-corrected chi connectivity index (χ4v) is 10.9. The quantitative estimate of drug-likeness (QED) is 0.0500. The number of hydrogen-bond acceptors (Lipinski definition) is 17. The van der Waals surface area contributed by atoms with Gasteiger partial charge in [0.25, 0.3) is 16.7 Å². The molecule has 0 bridgehead atoms. The first-order valence-electron chi connectivity index (χ1n) is 32.3. The minimum atomic E-state index is -4.88. The highest BCUT2D eigenvalue weighted by molar-refractivity contribution is 9.12. The largest absolute Gasteiger partial charge is 0.573 e. The van der Waals surface area contributed by atoms with Crippen molar-refractivity contribution in [3.63, 3.8) is 0 Å². The summed E-state index contributed by atoms with van der Waals surface area (Å²) in [5.74, 6) is -1.48. The molecule has 600 valence electrons. The Balaban J connectivity index is 0.000000223. The molecule has 0 aliphatic carbocycles. The summed E-state index contributed by atoms with van der Waals surface area (Å²) in [4.78, 5) is 94.1. The highest BCUT2D eigenvalue weighted by atomic mass is 79.9. The molecular formula is C70H66Br3Cl4F9N14O12. The van der Waals surface area contributed by atoms with Crippen LogP contribution in [-0.2, 0) is 53.9 Å². The average Bonchev–Trinajstić information content (AvgIpc) is 1.61. The zero-order chi connectivity index (χ0) is 81.4. The van der Waals surface area contributed by atoms with Crippen LogP contribution in [0.1, 0.15) is 16.7 Å². The Hall–Kier alpha value is -9.54. The maximum absolute atomic E-state index is 13.2. The number of alkyl halides is 12. The lowest BCUT2D eigenvalue weighted by Gasteiger charge is -2.13. The van der Waals surface area contributed by atoms with Gasteiger partial charge in [0.2, 0.25) is 0 Å². The second kappa shape index (κ2) is 39.8. The van der Waals surface area contributed by atoms with Crippen molar-refractivity contribution in [3.8, 4) is 52.5 Å². The van der Waals surface area contributed by atoms with Crippen molar-refractivity contribution in [1.29, 1.82) is 0 Å². The molecule has 12 aromatic rings. The standard InChI is InChI=1S/C24H23ClF3N5O4.C22H17BrClF3N4O4.C20H14ClF3N4O4.C2H4Br2.C2H7N.ClH/c1-30(2)11-12-32-20-19(21(34)31(3)23(32)35)33(14-15-7-9-16(25)10-8-15)22(29-20)36-17-5-4-6-18(13-17)37-24(26,27)28;1-29-19(32)17-18(30(10-9-23)21(29)33)28-20(31(17)12-13-5-7-14(24)8-6-13)34-15-3-2-4-16(11-15)35-22(25,26)27;1-27-17(29)15-16(25-18(27)30)26-19(28(15)10-11-5-7-12(21)8-6-11)31-13-3-2-4-14(9-13)32-20(22,23)24;3-1-2-4;1-3-2;/h4-10,13H,11-12,14H2,1-3H3;2-8,11H,9-10,12H2,1H3;2-9H,10H2,1H3,(H,25,30);1-2H2;3H,1-2H3;1H. The van der Waals surface area contributed by atoms with Crippen LogP contribution in [0.5, 0.6) is 52.5 Å². The average molecular weight is 1850 g/mol. The van der Waals surface area contributed by atoms with E-state index in [-0.39, 0.29) is 114 Å². The van der Waals surface area contributed by atoms with Gasteiger partial charge in [-0.3, -0.25) is 55.9 Å². The van der Waals surface area contributed by atoms with Gasteiger partial charge in [0, 0.05) is 90.0 Å². The van der Waals surface area contributed by atoms with Gasteiger partial charge in [-0.1, -0.05) is 137 Å². The van der Waals surface area contributed by atoms with Crippen LogP contribution in [0.15, 0.2) is 174 Å². The van der Waals surface area contributed by atoms with Gasteiger partial charge < -0.3 is 38.6 Å². The molecular weight excluding hydrogens is 1780 g/mol. The molecule has 6 aromatic carbocycles. The molecule has 42 heteroatoms. The summed E-state index contributed by atoms with van der Waals surface area (Å²) < 4.78 is 153. The lowest BCUT2D eigenvalue weighted by atomic mass is 10.2. The van der Waals surface area contributed by atoms with Crippen molar-refractivity contribution in [2.75, 3.05) is 50.7 Å². The van der Waals surface area contributed by atoms with Crippen LogP contribution in [0.25, 0.3) is 33.5 Å². The lowest BCUT2D eigenvalue weighted by Crippen LogP contribution is -2.40. The number of imidazole rings is 3. The summed E-state index contributed by atoms with van der Waals surface area (Å²) in [6.07, 6.45) is -14.6. The third kappa shape index (κ3) is 24.2. The SMILES string of the molecule is BrCCBr.CN(C)CCn1c(=O)n(C)c(=O)c2c1nc(Oc1cccc(OC(F)(F)F)c1)n2Cc1ccc(Cl)cc1.CNC.Cl.Cn1c(=O)[nH]c2nc(Oc3cccc(OC(F)(F)F)c3)n(Cc3ccc(Cl)cc3)c2c1=O.Cn1c(=O)c2c(nc(Oc3cccc(OC(F)(F)F)c3)n2Cc2ccc(Cl)cc2)n(CCBr)c1=O. The lowest BCUT2D eigenvalue weighted by molar-refractivity contribution is -0.275. The molecule has 0 amide bonds. The van der Waals surface area contributed by atoms with Crippen molar-refractivity contribution < 1.29 is 67.9 Å². The summed E-state index contributed by atoms with van der Waals surface area (Å²) in [5, 5.41) is 6.81. The number of aromatic amines is 1. The normalized spacial score (nSPS) is 11.3. The van der Waals surface area contributed by atoms with Gasteiger partial charge in [-0.2, -0.15) is 15.0 Å².